The van der Waals surface area contributed by atoms with Gasteiger partial charge < -0.3 is 5.11 Å². The lowest BCUT2D eigenvalue weighted by atomic mass is 10.1. The third-order valence-corrected chi connectivity index (χ3v) is 1.21. The molecule has 0 aromatic carbocycles. The van der Waals surface area contributed by atoms with Gasteiger partial charge in [0, 0.05) is 0 Å². The van der Waals surface area contributed by atoms with E-state index in [0.717, 1.165) is 0 Å². The fourth-order valence-electron chi connectivity index (χ4n) is 0.656. The Balaban J connectivity index is 4.76. The molecule has 0 amide bonds. The average molecular weight is 152 g/mol. The Bertz CT molecular complexity index is 222. The summed E-state index contributed by atoms with van der Waals surface area (Å²) < 4.78 is 0. The molecular weight excluding hydrogens is 140 g/mol. The van der Waals surface area contributed by atoms with Crippen LogP contribution in [0.5, 0.6) is 0 Å². The molecule has 0 unspecified atom stereocenters. The van der Waals surface area contributed by atoms with Crippen molar-refractivity contribution in [2.24, 2.45) is 0 Å². The third-order valence-electron chi connectivity index (χ3n) is 1.21. The molecule has 60 valence electrons. The van der Waals surface area contributed by atoms with Crippen LogP contribution in [0.15, 0.2) is 36.1 Å². The minimum Gasteiger partial charge on any atom is -0.508 e. The maximum absolute atomic E-state index is 10.8. The van der Waals surface area contributed by atoms with E-state index in [9.17, 15) is 4.79 Å². The monoisotopic (exact) mass is 152 g/mol. The lowest BCUT2D eigenvalue weighted by Crippen LogP contribution is -1.99. The molecule has 0 aliphatic heterocycles. The molecule has 0 aliphatic carbocycles. The first-order chi connectivity index (χ1) is 5.13. The minimum atomic E-state index is -0.166. The second-order valence-corrected chi connectivity index (χ2v) is 2.05. The number of aliphatic hydroxyl groups is 1. The highest BCUT2D eigenvalue weighted by Crippen LogP contribution is 2.07. The Morgan fingerprint density at radius 3 is 2.36 bits per heavy atom. The number of Topliss-reactive ketones (excluding diaryl/α,β-unsaturated/α-hetero) is 1. The molecule has 2 nitrogen and oxygen atoms in total. The predicted molar refractivity (Wildman–Crippen MR) is 45.3 cm³/mol. The normalized spacial score (nSPS) is 12.9. The molecule has 0 rings (SSSR count). The Hall–Kier alpha value is -1.31. The summed E-state index contributed by atoms with van der Waals surface area (Å²) in [6, 6.07) is 0. The standard InChI is InChI=1S/C9H12O2/c1-4-6-8(7(3)10)9(11)5-2/h4-6,11H,1H2,2-3H3/b8-6-,9-5+. The van der Waals surface area contributed by atoms with Crippen LogP contribution in [0, 0.1) is 0 Å². The molecule has 0 saturated carbocycles. The zero-order valence-electron chi connectivity index (χ0n) is 6.79. The van der Waals surface area contributed by atoms with Crippen LogP contribution in [0.25, 0.3) is 0 Å². The van der Waals surface area contributed by atoms with Gasteiger partial charge in [0.1, 0.15) is 5.76 Å². The summed E-state index contributed by atoms with van der Waals surface area (Å²) in [6.07, 6.45) is 4.42. The molecule has 1 N–H and O–H groups in total. The Morgan fingerprint density at radius 1 is 1.55 bits per heavy atom. The smallest absolute Gasteiger partial charge is 0.163 e. The van der Waals surface area contributed by atoms with Crippen molar-refractivity contribution in [3.05, 3.63) is 36.1 Å². The van der Waals surface area contributed by atoms with Crippen molar-refractivity contribution in [3.8, 4) is 0 Å². The molecule has 0 radical (unpaired) electrons. The van der Waals surface area contributed by atoms with E-state index in [1.165, 1.54) is 25.2 Å². The van der Waals surface area contributed by atoms with Crippen molar-refractivity contribution in [1.82, 2.24) is 0 Å². The van der Waals surface area contributed by atoms with E-state index >= 15 is 0 Å². The zero-order chi connectivity index (χ0) is 8.85. The van der Waals surface area contributed by atoms with Gasteiger partial charge in [-0.15, -0.1) is 0 Å². The maximum atomic E-state index is 10.8. The van der Waals surface area contributed by atoms with Crippen molar-refractivity contribution < 1.29 is 9.90 Å². The Morgan fingerprint density at radius 2 is 2.09 bits per heavy atom. The maximum Gasteiger partial charge on any atom is 0.163 e. The number of hydrogen-bond donors (Lipinski definition) is 1. The molecule has 0 aliphatic rings. The predicted octanol–water partition coefficient (Wildman–Crippen LogP) is 2.15. The van der Waals surface area contributed by atoms with Crippen LogP contribution < -0.4 is 0 Å². The van der Waals surface area contributed by atoms with Crippen LogP contribution in [0.3, 0.4) is 0 Å². The van der Waals surface area contributed by atoms with Gasteiger partial charge in [-0.05, 0) is 26.0 Å². The van der Waals surface area contributed by atoms with E-state index in [0.29, 0.717) is 5.57 Å². The molecule has 2 heteroatoms. The van der Waals surface area contributed by atoms with Gasteiger partial charge in [-0.2, -0.15) is 0 Å². The van der Waals surface area contributed by atoms with Crippen LogP contribution in [-0.4, -0.2) is 10.9 Å². The molecule has 0 saturated heterocycles. The van der Waals surface area contributed by atoms with Crippen molar-refractivity contribution in [2.45, 2.75) is 13.8 Å². The van der Waals surface area contributed by atoms with E-state index in [1.807, 2.05) is 0 Å². The topological polar surface area (TPSA) is 37.3 Å². The van der Waals surface area contributed by atoms with Gasteiger partial charge in [-0.25, -0.2) is 0 Å². The largest absolute Gasteiger partial charge is 0.508 e. The van der Waals surface area contributed by atoms with Gasteiger partial charge in [0.15, 0.2) is 5.78 Å². The SMILES string of the molecule is C=C/C=C(C(C)=O)\C(O)=C/C. The van der Waals surface area contributed by atoms with Crippen LogP contribution in [0.2, 0.25) is 0 Å². The van der Waals surface area contributed by atoms with E-state index in [2.05, 4.69) is 6.58 Å². The second kappa shape index (κ2) is 4.50. The summed E-state index contributed by atoms with van der Waals surface area (Å²) in [6.45, 7) is 6.49. The number of ketones is 1. The van der Waals surface area contributed by atoms with Crippen LogP contribution >= 0.6 is 0 Å². The summed E-state index contributed by atoms with van der Waals surface area (Å²) in [5, 5.41) is 9.14. The van der Waals surface area contributed by atoms with Crippen molar-refractivity contribution in [1.29, 1.82) is 0 Å². The minimum absolute atomic E-state index is 0.00241. The molecule has 11 heavy (non-hydrogen) atoms. The number of carbonyl (C=O) groups is 1. The van der Waals surface area contributed by atoms with Gasteiger partial charge in [0.05, 0.1) is 5.57 Å². The lowest BCUT2D eigenvalue weighted by Gasteiger charge is -1.98. The van der Waals surface area contributed by atoms with E-state index in [4.69, 9.17) is 5.11 Å². The Labute approximate surface area is 66.5 Å². The summed E-state index contributed by atoms with van der Waals surface area (Å²) in [4.78, 5) is 10.8. The van der Waals surface area contributed by atoms with Gasteiger partial charge in [0.2, 0.25) is 0 Å². The van der Waals surface area contributed by atoms with Gasteiger partial charge in [-0.1, -0.05) is 12.7 Å². The molecule has 0 bridgehead atoms. The molecule has 0 atom stereocenters. The van der Waals surface area contributed by atoms with Gasteiger partial charge in [0.25, 0.3) is 0 Å². The molecule has 0 spiro atoms. The molecule has 0 fully saturated rings. The van der Waals surface area contributed by atoms with Gasteiger partial charge >= 0.3 is 0 Å². The quantitative estimate of drug-likeness (QED) is 0.382. The van der Waals surface area contributed by atoms with Crippen molar-refractivity contribution in [3.63, 3.8) is 0 Å². The third kappa shape index (κ3) is 2.85. The van der Waals surface area contributed by atoms with Gasteiger partial charge in [-0.3, -0.25) is 4.79 Å². The number of allylic oxidation sites excluding steroid dienone is 4. The molecule has 0 heterocycles. The van der Waals surface area contributed by atoms with Crippen LogP contribution in [0.4, 0.5) is 0 Å². The van der Waals surface area contributed by atoms with E-state index in [-0.39, 0.29) is 11.5 Å². The second-order valence-electron chi connectivity index (χ2n) is 2.05. The summed E-state index contributed by atoms with van der Waals surface area (Å²) in [5.41, 5.74) is 0.294. The highest BCUT2D eigenvalue weighted by molar-refractivity contribution is 5.97. The molecule has 0 aromatic rings. The summed E-state index contributed by atoms with van der Waals surface area (Å²) in [5.74, 6) is -0.169. The number of hydrogen-bond acceptors (Lipinski definition) is 2. The first-order valence-corrected chi connectivity index (χ1v) is 3.32. The number of carbonyl (C=O) groups excluding carboxylic acids is 1. The zero-order valence-corrected chi connectivity index (χ0v) is 6.79. The highest BCUT2D eigenvalue weighted by Gasteiger charge is 2.05. The van der Waals surface area contributed by atoms with E-state index < -0.39 is 0 Å². The van der Waals surface area contributed by atoms with E-state index in [1.54, 1.807) is 6.92 Å². The summed E-state index contributed by atoms with van der Waals surface area (Å²) >= 11 is 0. The van der Waals surface area contributed by atoms with Crippen LogP contribution in [-0.2, 0) is 4.79 Å². The first-order valence-electron chi connectivity index (χ1n) is 3.32. The molecular formula is C9H12O2. The summed E-state index contributed by atoms with van der Waals surface area (Å²) in [7, 11) is 0. The van der Waals surface area contributed by atoms with Crippen molar-refractivity contribution in [2.75, 3.05) is 0 Å². The lowest BCUT2D eigenvalue weighted by molar-refractivity contribution is -0.113. The molecule has 0 aromatic heterocycles. The Kier molecular flexibility index (Phi) is 3.96. The fourth-order valence-corrected chi connectivity index (χ4v) is 0.656. The van der Waals surface area contributed by atoms with Crippen molar-refractivity contribution >= 4 is 5.78 Å². The highest BCUT2D eigenvalue weighted by atomic mass is 16.3. The first kappa shape index (κ1) is 9.69. The number of aliphatic hydroxyl groups excluding tert-OH is 1. The number of rotatable bonds is 3. The van der Waals surface area contributed by atoms with Crippen LogP contribution in [0.1, 0.15) is 13.8 Å². The fraction of sp³-hybridized carbons (Fsp3) is 0.222. The average Bonchev–Trinajstić information content (AvgIpc) is 1.98.